The highest BCUT2D eigenvalue weighted by atomic mass is 35.5. The average molecular weight is 357 g/mol. The van der Waals surface area contributed by atoms with Gasteiger partial charge in [-0.3, -0.25) is 9.59 Å². The van der Waals surface area contributed by atoms with Crippen molar-refractivity contribution in [3.05, 3.63) is 75.0 Å². The van der Waals surface area contributed by atoms with Crippen LogP contribution in [0.2, 0.25) is 5.02 Å². The third-order valence-corrected chi connectivity index (χ3v) is 4.19. The van der Waals surface area contributed by atoms with Gasteiger partial charge in [0.2, 0.25) is 11.5 Å². The van der Waals surface area contributed by atoms with Gasteiger partial charge in [-0.1, -0.05) is 35.9 Å². The van der Waals surface area contributed by atoms with Crippen LogP contribution in [0.4, 0.5) is 5.69 Å². The Morgan fingerprint density at radius 1 is 1.16 bits per heavy atom. The van der Waals surface area contributed by atoms with Crippen LogP contribution in [-0.2, 0) is 22.6 Å². The summed E-state index contributed by atoms with van der Waals surface area (Å²) in [4.78, 5) is 26.8. The number of carbonyl (C=O) groups is 1. The van der Waals surface area contributed by atoms with Gasteiger partial charge >= 0.3 is 0 Å². The van der Waals surface area contributed by atoms with E-state index in [2.05, 4.69) is 10.3 Å². The minimum atomic E-state index is -0.209. The van der Waals surface area contributed by atoms with E-state index in [1.165, 1.54) is 6.07 Å². The molecule has 1 aromatic heterocycles. The fourth-order valence-electron chi connectivity index (χ4n) is 2.71. The van der Waals surface area contributed by atoms with Crippen LogP contribution in [0.3, 0.4) is 0 Å². The Morgan fingerprint density at radius 2 is 1.96 bits per heavy atom. The van der Waals surface area contributed by atoms with Gasteiger partial charge in [-0.05, 0) is 29.3 Å². The SMILES string of the molecule is COCc1cc(=O)[nH]c2cc(NC(=O)Cc3ccccc3Cl)ccc12. The summed E-state index contributed by atoms with van der Waals surface area (Å²) in [6, 6.07) is 14.1. The van der Waals surface area contributed by atoms with Crippen molar-refractivity contribution in [2.24, 2.45) is 0 Å². The summed E-state index contributed by atoms with van der Waals surface area (Å²) in [5.74, 6) is -0.178. The number of halogens is 1. The summed E-state index contributed by atoms with van der Waals surface area (Å²) in [6.07, 6.45) is 0.179. The number of carbonyl (C=O) groups excluding carboxylic acids is 1. The molecule has 2 aromatic carbocycles. The van der Waals surface area contributed by atoms with Gasteiger partial charge < -0.3 is 15.0 Å². The van der Waals surface area contributed by atoms with Gasteiger partial charge in [0.25, 0.3) is 0 Å². The fourth-order valence-corrected chi connectivity index (χ4v) is 2.91. The number of methoxy groups -OCH3 is 1. The Morgan fingerprint density at radius 3 is 2.72 bits per heavy atom. The molecule has 0 aliphatic carbocycles. The number of rotatable bonds is 5. The van der Waals surface area contributed by atoms with Crippen LogP contribution >= 0.6 is 11.6 Å². The highest BCUT2D eigenvalue weighted by Crippen LogP contribution is 2.21. The first-order valence-corrected chi connectivity index (χ1v) is 8.13. The molecule has 0 spiro atoms. The maximum absolute atomic E-state index is 12.2. The number of anilines is 1. The third-order valence-electron chi connectivity index (χ3n) is 3.82. The molecule has 0 unspecified atom stereocenters. The van der Waals surface area contributed by atoms with Crippen molar-refractivity contribution in [2.75, 3.05) is 12.4 Å². The number of ether oxygens (including phenoxy) is 1. The molecule has 6 heteroatoms. The Hall–Kier alpha value is -2.63. The molecule has 0 aliphatic heterocycles. The van der Waals surface area contributed by atoms with Crippen molar-refractivity contribution < 1.29 is 9.53 Å². The standard InChI is InChI=1S/C19H17ClN2O3/c1-25-11-13-9-19(24)22-17-10-14(6-7-15(13)17)21-18(23)8-12-4-2-3-5-16(12)20/h2-7,9-10H,8,11H2,1H3,(H,21,23)(H,22,24). The van der Waals surface area contributed by atoms with Crippen molar-refractivity contribution in [2.45, 2.75) is 13.0 Å². The van der Waals surface area contributed by atoms with Crippen molar-refractivity contribution in [3.8, 4) is 0 Å². The maximum atomic E-state index is 12.2. The molecule has 3 rings (SSSR count). The first kappa shape index (κ1) is 17.2. The number of aromatic nitrogens is 1. The summed E-state index contributed by atoms with van der Waals surface area (Å²) >= 11 is 6.08. The zero-order valence-electron chi connectivity index (χ0n) is 13.6. The molecule has 0 saturated heterocycles. The number of amides is 1. The minimum Gasteiger partial charge on any atom is -0.380 e. The van der Waals surface area contributed by atoms with Crippen LogP contribution in [0.5, 0.6) is 0 Å². The lowest BCUT2D eigenvalue weighted by Gasteiger charge is -2.09. The van der Waals surface area contributed by atoms with Gasteiger partial charge in [-0.15, -0.1) is 0 Å². The van der Waals surface area contributed by atoms with Crippen LogP contribution in [0, 0.1) is 0 Å². The lowest BCUT2D eigenvalue weighted by molar-refractivity contribution is -0.115. The number of nitrogens with one attached hydrogen (secondary N) is 2. The van der Waals surface area contributed by atoms with E-state index in [4.69, 9.17) is 16.3 Å². The van der Waals surface area contributed by atoms with E-state index in [-0.39, 0.29) is 17.9 Å². The van der Waals surface area contributed by atoms with E-state index in [0.717, 1.165) is 16.5 Å². The Labute approximate surface area is 149 Å². The van der Waals surface area contributed by atoms with Crippen LogP contribution < -0.4 is 10.9 Å². The smallest absolute Gasteiger partial charge is 0.248 e. The summed E-state index contributed by atoms with van der Waals surface area (Å²) in [5, 5.41) is 4.27. The summed E-state index contributed by atoms with van der Waals surface area (Å²) in [5.41, 5.74) is 2.61. The van der Waals surface area contributed by atoms with Crippen LogP contribution in [-0.4, -0.2) is 18.0 Å². The second-order valence-electron chi connectivity index (χ2n) is 5.67. The molecule has 3 aromatic rings. The third kappa shape index (κ3) is 4.07. The molecule has 128 valence electrons. The first-order chi connectivity index (χ1) is 12.1. The number of fused-ring (bicyclic) bond motifs is 1. The molecule has 1 heterocycles. The Kier molecular flexibility index (Phi) is 5.16. The number of pyridine rings is 1. The normalized spacial score (nSPS) is 10.8. The number of benzene rings is 2. The number of hydrogen-bond acceptors (Lipinski definition) is 3. The van der Waals surface area contributed by atoms with E-state index in [1.807, 2.05) is 24.3 Å². The second kappa shape index (κ2) is 7.51. The molecule has 0 atom stereocenters. The van der Waals surface area contributed by atoms with E-state index in [9.17, 15) is 9.59 Å². The largest absolute Gasteiger partial charge is 0.380 e. The molecule has 5 nitrogen and oxygen atoms in total. The molecule has 0 fully saturated rings. The van der Waals surface area contributed by atoms with Crippen LogP contribution in [0.15, 0.2) is 53.3 Å². The quantitative estimate of drug-likeness (QED) is 0.734. The van der Waals surface area contributed by atoms with Crippen molar-refractivity contribution in [3.63, 3.8) is 0 Å². The van der Waals surface area contributed by atoms with E-state index >= 15 is 0 Å². The fraction of sp³-hybridized carbons (Fsp3) is 0.158. The number of H-pyrrole nitrogens is 1. The predicted molar refractivity (Wildman–Crippen MR) is 99.1 cm³/mol. The van der Waals surface area contributed by atoms with Gasteiger partial charge in [-0.25, -0.2) is 0 Å². The van der Waals surface area contributed by atoms with Gasteiger partial charge in [0.1, 0.15) is 0 Å². The van der Waals surface area contributed by atoms with Crippen LogP contribution in [0.25, 0.3) is 10.9 Å². The summed E-state index contributed by atoms with van der Waals surface area (Å²) in [6.45, 7) is 0.346. The predicted octanol–water partition coefficient (Wildman–Crippen LogP) is 3.51. The molecular weight excluding hydrogens is 340 g/mol. The maximum Gasteiger partial charge on any atom is 0.248 e. The Balaban J connectivity index is 1.83. The van der Waals surface area contributed by atoms with Gasteiger partial charge in [0.05, 0.1) is 18.5 Å². The van der Waals surface area contributed by atoms with Gasteiger partial charge in [0, 0.05) is 29.3 Å². The molecular formula is C19H17ClN2O3. The topological polar surface area (TPSA) is 71.2 Å². The molecule has 0 bridgehead atoms. The lowest BCUT2D eigenvalue weighted by Crippen LogP contribution is -2.15. The van der Waals surface area contributed by atoms with Gasteiger partial charge in [0.15, 0.2) is 0 Å². The highest BCUT2D eigenvalue weighted by molar-refractivity contribution is 6.31. The Bertz CT molecular complexity index is 982. The van der Waals surface area contributed by atoms with Crippen LogP contribution in [0.1, 0.15) is 11.1 Å². The van der Waals surface area contributed by atoms with Gasteiger partial charge in [-0.2, -0.15) is 0 Å². The average Bonchev–Trinajstić information content (AvgIpc) is 2.57. The van der Waals surface area contributed by atoms with E-state index in [0.29, 0.717) is 22.8 Å². The zero-order valence-corrected chi connectivity index (χ0v) is 14.4. The second-order valence-corrected chi connectivity index (χ2v) is 6.08. The van der Waals surface area contributed by atoms with Crippen molar-refractivity contribution in [1.29, 1.82) is 0 Å². The highest BCUT2D eigenvalue weighted by Gasteiger charge is 2.09. The monoisotopic (exact) mass is 356 g/mol. The molecule has 0 radical (unpaired) electrons. The number of aromatic amines is 1. The number of hydrogen-bond donors (Lipinski definition) is 2. The molecule has 2 N–H and O–H groups in total. The summed E-state index contributed by atoms with van der Waals surface area (Å²) in [7, 11) is 1.58. The summed E-state index contributed by atoms with van der Waals surface area (Å²) < 4.78 is 5.13. The molecule has 25 heavy (non-hydrogen) atoms. The van der Waals surface area contributed by atoms with E-state index < -0.39 is 0 Å². The van der Waals surface area contributed by atoms with Crippen molar-refractivity contribution >= 4 is 34.1 Å². The molecule has 0 aliphatic rings. The molecule has 0 saturated carbocycles. The van der Waals surface area contributed by atoms with E-state index in [1.54, 1.807) is 25.3 Å². The van der Waals surface area contributed by atoms with Crippen molar-refractivity contribution in [1.82, 2.24) is 4.98 Å². The lowest BCUT2D eigenvalue weighted by atomic mass is 10.1. The minimum absolute atomic E-state index is 0.178. The zero-order chi connectivity index (χ0) is 17.8. The molecule has 1 amide bonds. The first-order valence-electron chi connectivity index (χ1n) is 7.75.